The second-order valence-corrected chi connectivity index (χ2v) is 4.70. The predicted molar refractivity (Wildman–Crippen MR) is 76.0 cm³/mol. The lowest BCUT2D eigenvalue weighted by molar-refractivity contribution is 0.0329. The molecule has 0 aliphatic heterocycles. The summed E-state index contributed by atoms with van der Waals surface area (Å²) in [4.78, 5) is 0. The van der Waals surface area contributed by atoms with Crippen molar-refractivity contribution in [2.45, 2.75) is 25.9 Å². The Morgan fingerprint density at radius 3 is 2.10 bits per heavy atom. The smallest absolute Gasteiger partial charge is 0.119 e. The van der Waals surface area contributed by atoms with Crippen LogP contribution in [0.3, 0.4) is 0 Å². The van der Waals surface area contributed by atoms with Gasteiger partial charge in [0.15, 0.2) is 0 Å². The Bertz CT molecular complexity index is 354. The van der Waals surface area contributed by atoms with Crippen LogP contribution < -0.4 is 4.74 Å². The fraction of sp³-hybridized carbons (Fsp3) is 0.600. The SMILES string of the molecule is CC(O)COCCOc1cc(CCO)cc(CCO)c1. The van der Waals surface area contributed by atoms with Crippen molar-refractivity contribution in [1.82, 2.24) is 0 Å². The van der Waals surface area contributed by atoms with Gasteiger partial charge in [-0.1, -0.05) is 6.07 Å². The Kier molecular flexibility index (Phi) is 8.22. The van der Waals surface area contributed by atoms with Crippen LogP contribution in [0.15, 0.2) is 18.2 Å². The second kappa shape index (κ2) is 9.72. The molecular formula is C15H24O5. The number of hydrogen-bond donors (Lipinski definition) is 3. The van der Waals surface area contributed by atoms with Gasteiger partial charge in [-0.2, -0.15) is 0 Å². The zero-order valence-corrected chi connectivity index (χ0v) is 11.9. The van der Waals surface area contributed by atoms with Gasteiger partial charge in [0, 0.05) is 13.2 Å². The maximum atomic E-state index is 9.05. The van der Waals surface area contributed by atoms with E-state index < -0.39 is 6.10 Å². The molecule has 1 aromatic rings. The van der Waals surface area contributed by atoms with E-state index >= 15 is 0 Å². The second-order valence-electron chi connectivity index (χ2n) is 4.70. The maximum Gasteiger partial charge on any atom is 0.119 e. The molecule has 0 amide bonds. The first-order valence-corrected chi connectivity index (χ1v) is 6.89. The van der Waals surface area contributed by atoms with Gasteiger partial charge in [-0.05, 0) is 43.0 Å². The van der Waals surface area contributed by atoms with Crippen molar-refractivity contribution < 1.29 is 24.8 Å². The molecule has 0 heterocycles. The van der Waals surface area contributed by atoms with E-state index in [-0.39, 0.29) is 13.2 Å². The van der Waals surface area contributed by atoms with Crippen molar-refractivity contribution in [3.05, 3.63) is 29.3 Å². The van der Waals surface area contributed by atoms with E-state index in [4.69, 9.17) is 24.8 Å². The van der Waals surface area contributed by atoms with E-state index in [1.165, 1.54) is 0 Å². The summed E-state index contributed by atoms with van der Waals surface area (Å²) >= 11 is 0. The molecule has 0 saturated heterocycles. The van der Waals surface area contributed by atoms with Crippen LogP contribution >= 0.6 is 0 Å². The normalized spacial score (nSPS) is 12.4. The van der Waals surface area contributed by atoms with Gasteiger partial charge in [-0.25, -0.2) is 0 Å². The van der Waals surface area contributed by atoms with E-state index in [1.807, 2.05) is 18.2 Å². The largest absolute Gasteiger partial charge is 0.491 e. The summed E-state index contributed by atoms with van der Waals surface area (Å²) < 4.78 is 10.8. The number of aliphatic hydroxyl groups excluding tert-OH is 3. The zero-order valence-electron chi connectivity index (χ0n) is 11.9. The molecule has 1 rings (SSSR count). The first-order valence-electron chi connectivity index (χ1n) is 6.89. The van der Waals surface area contributed by atoms with Gasteiger partial charge >= 0.3 is 0 Å². The summed E-state index contributed by atoms with van der Waals surface area (Å²) in [6.45, 7) is 2.93. The third-order valence-electron chi connectivity index (χ3n) is 2.68. The first-order chi connectivity index (χ1) is 9.65. The van der Waals surface area contributed by atoms with Crippen LogP contribution in [0.1, 0.15) is 18.1 Å². The monoisotopic (exact) mass is 284 g/mol. The van der Waals surface area contributed by atoms with E-state index in [1.54, 1.807) is 6.92 Å². The van der Waals surface area contributed by atoms with Crippen molar-refractivity contribution in [3.63, 3.8) is 0 Å². The minimum Gasteiger partial charge on any atom is -0.491 e. The molecule has 0 aromatic heterocycles. The standard InChI is InChI=1S/C15H24O5/c1-12(18)11-19-6-7-20-15-9-13(2-4-16)8-14(10-15)3-5-17/h8-10,12,16-18H,2-7,11H2,1H3. The Morgan fingerprint density at radius 1 is 1.00 bits per heavy atom. The summed E-state index contributed by atoms with van der Waals surface area (Å²) in [6, 6.07) is 5.72. The molecule has 0 fully saturated rings. The molecule has 0 saturated carbocycles. The van der Waals surface area contributed by atoms with Crippen LogP contribution in [-0.2, 0) is 17.6 Å². The van der Waals surface area contributed by atoms with Gasteiger partial charge in [0.05, 0.1) is 19.3 Å². The third kappa shape index (κ3) is 6.86. The Morgan fingerprint density at radius 2 is 1.60 bits per heavy atom. The lowest BCUT2D eigenvalue weighted by Crippen LogP contribution is -2.14. The van der Waals surface area contributed by atoms with Gasteiger partial charge < -0.3 is 24.8 Å². The van der Waals surface area contributed by atoms with Crippen LogP contribution in [0.5, 0.6) is 5.75 Å². The topological polar surface area (TPSA) is 79.2 Å². The van der Waals surface area contributed by atoms with Crippen LogP contribution in [0.4, 0.5) is 0 Å². The molecule has 0 aliphatic carbocycles. The molecule has 1 atom stereocenters. The lowest BCUT2D eigenvalue weighted by atomic mass is 10.1. The molecule has 0 aliphatic rings. The highest BCUT2D eigenvalue weighted by molar-refractivity contribution is 5.35. The summed E-state index contributed by atoms with van der Waals surface area (Å²) in [6.07, 6.45) is 0.654. The molecular weight excluding hydrogens is 260 g/mol. The van der Waals surface area contributed by atoms with E-state index in [0.717, 1.165) is 11.1 Å². The van der Waals surface area contributed by atoms with Gasteiger partial charge in [0.1, 0.15) is 12.4 Å². The first kappa shape index (κ1) is 16.9. The summed E-state index contributed by atoms with van der Waals surface area (Å²) in [5.74, 6) is 0.708. The highest BCUT2D eigenvalue weighted by Crippen LogP contribution is 2.18. The summed E-state index contributed by atoms with van der Waals surface area (Å²) in [5, 5.41) is 27.0. The Hall–Kier alpha value is -1.14. The molecule has 1 aromatic carbocycles. The highest BCUT2D eigenvalue weighted by atomic mass is 16.5. The lowest BCUT2D eigenvalue weighted by Gasteiger charge is -2.11. The fourth-order valence-corrected chi connectivity index (χ4v) is 1.83. The molecule has 1 unspecified atom stereocenters. The summed E-state index contributed by atoms with van der Waals surface area (Å²) in [5.41, 5.74) is 1.97. The van der Waals surface area contributed by atoms with E-state index in [9.17, 15) is 0 Å². The van der Waals surface area contributed by atoms with Crippen molar-refractivity contribution in [2.75, 3.05) is 33.0 Å². The molecule has 5 heteroatoms. The van der Waals surface area contributed by atoms with Gasteiger partial charge in [0.2, 0.25) is 0 Å². The molecule has 0 bridgehead atoms. The number of benzene rings is 1. The minimum atomic E-state index is -0.473. The predicted octanol–water partition coefficient (Wildman–Crippen LogP) is 0.532. The zero-order chi connectivity index (χ0) is 14.8. The molecule has 5 nitrogen and oxygen atoms in total. The number of ether oxygens (including phenoxy) is 2. The van der Waals surface area contributed by atoms with Crippen molar-refractivity contribution in [2.24, 2.45) is 0 Å². The average Bonchev–Trinajstić information content (AvgIpc) is 2.38. The van der Waals surface area contributed by atoms with Crippen LogP contribution in [0, 0.1) is 0 Å². The van der Waals surface area contributed by atoms with E-state index in [2.05, 4.69) is 0 Å². The molecule has 3 N–H and O–H groups in total. The van der Waals surface area contributed by atoms with E-state index in [0.29, 0.717) is 38.4 Å². The van der Waals surface area contributed by atoms with Crippen molar-refractivity contribution in [3.8, 4) is 5.75 Å². The average molecular weight is 284 g/mol. The van der Waals surface area contributed by atoms with Crippen LogP contribution in [0.2, 0.25) is 0 Å². The van der Waals surface area contributed by atoms with Crippen molar-refractivity contribution >= 4 is 0 Å². The number of hydrogen-bond acceptors (Lipinski definition) is 5. The molecule has 0 spiro atoms. The maximum absolute atomic E-state index is 9.05. The third-order valence-corrected chi connectivity index (χ3v) is 2.68. The van der Waals surface area contributed by atoms with Crippen molar-refractivity contribution in [1.29, 1.82) is 0 Å². The molecule has 114 valence electrons. The Balaban J connectivity index is 2.50. The van der Waals surface area contributed by atoms with Crippen LogP contribution in [-0.4, -0.2) is 54.5 Å². The quantitative estimate of drug-likeness (QED) is 0.546. The summed E-state index contributed by atoms with van der Waals surface area (Å²) in [7, 11) is 0. The minimum absolute atomic E-state index is 0.0829. The molecule has 20 heavy (non-hydrogen) atoms. The van der Waals surface area contributed by atoms with Gasteiger partial charge in [0.25, 0.3) is 0 Å². The van der Waals surface area contributed by atoms with Gasteiger partial charge in [-0.15, -0.1) is 0 Å². The Labute approximate surface area is 119 Å². The molecule has 0 radical (unpaired) electrons. The van der Waals surface area contributed by atoms with Gasteiger partial charge in [-0.3, -0.25) is 0 Å². The highest BCUT2D eigenvalue weighted by Gasteiger charge is 2.03. The number of rotatable bonds is 10. The fourth-order valence-electron chi connectivity index (χ4n) is 1.83. The van der Waals surface area contributed by atoms with Crippen LogP contribution in [0.25, 0.3) is 0 Å². The number of aliphatic hydroxyl groups is 3.